The van der Waals surface area contributed by atoms with Crippen molar-refractivity contribution >= 4 is 28.6 Å². The summed E-state index contributed by atoms with van der Waals surface area (Å²) < 4.78 is 0.852. The number of thiophene rings is 1. The number of anilines is 1. The van der Waals surface area contributed by atoms with Gasteiger partial charge in [-0.15, -0.1) is 11.3 Å². The molecule has 0 radical (unpaired) electrons. The molecule has 0 unspecified atom stereocenters. The summed E-state index contributed by atoms with van der Waals surface area (Å²) in [6.45, 7) is 5.02. The van der Waals surface area contributed by atoms with Gasteiger partial charge < -0.3 is 5.73 Å². The van der Waals surface area contributed by atoms with E-state index in [1.54, 1.807) is 11.3 Å². The summed E-state index contributed by atoms with van der Waals surface area (Å²) in [6.07, 6.45) is 0. The van der Waals surface area contributed by atoms with E-state index in [-0.39, 0.29) is 0 Å². The number of nitrogens with zero attached hydrogens (tertiary/aromatic N) is 1. The summed E-state index contributed by atoms with van der Waals surface area (Å²) in [5, 5.41) is 0. The molecule has 96 valence electrons. The number of nitrogen functional groups attached to an aromatic ring is 1. The molecule has 0 saturated carbocycles. The highest BCUT2D eigenvalue weighted by molar-refractivity contribution is 7.16. The van der Waals surface area contributed by atoms with Gasteiger partial charge in [0.1, 0.15) is 0 Å². The van der Waals surface area contributed by atoms with Crippen molar-refractivity contribution in [2.45, 2.75) is 20.0 Å². The number of rotatable bonds is 5. The zero-order valence-electron chi connectivity index (χ0n) is 10.4. The average molecular weight is 281 g/mol. The van der Waals surface area contributed by atoms with Gasteiger partial charge in [0.25, 0.3) is 0 Å². The molecule has 0 atom stereocenters. The van der Waals surface area contributed by atoms with Crippen LogP contribution in [0.15, 0.2) is 36.4 Å². The number of benzene rings is 1. The van der Waals surface area contributed by atoms with Crippen LogP contribution in [-0.4, -0.2) is 11.4 Å². The maximum Gasteiger partial charge on any atom is 0.0931 e. The van der Waals surface area contributed by atoms with E-state index < -0.39 is 0 Å². The van der Waals surface area contributed by atoms with Crippen molar-refractivity contribution in [1.82, 2.24) is 4.90 Å². The van der Waals surface area contributed by atoms with Crippen LogP contribution in [0.25, 0.3) is 0 Å². The van der Waals surface area contributed by atoms with Crippen molar-refractivity contribution in [2.24, 2.45) is 0 Å². The van der Waals surface area contributed by atoms with Gasteiger partial charge in [-0.2, -0.15) is 0 Å². The van der Waals surface area contributed by atoms with Crippen molar-refractivity contribution in [1.29, 1.82) is 0 Å². The average Bonchev–Trinajstić information content (AvgIpc) is 2.74. The van der Waals surface area contributed by atoms with Gasteiger partial charge in [-0.05, 0) is 36.4 Å². The third kappa shape index (κ3) is 3.73. The standard InChI is InChI=1S/C14H17ClN2S/c1-2-17(10-13-6-7-14(15)18-13)9-11-4-3-5-12(16)8-11/h3-8H,2,9-10,16H2,1H3. The normalized spacial score (nSPS) is 11.1. The van der Waals surface area contributed by atoms with Crippen molar-refractivity contribution in [3.05, 3.63) is 51.2 Å². The molecule has 2 N–H and O–H groups in total. The molecule has 0 fully saturated rings. The van der Waals surface area contributed by atoms with Gasteiger partial charge in [0.15, 0.2) is 0 Å². The molecule has 1 aromatic heterocycles. The van der Waals surface area contributed by atoms with Crippen LogP contribution in [0.4, 0.5) is 5.69 Å². The molecule has 1 heterocycles. The Morgan fingerprint density at radius 2 is 2.06 bits per heavy atom. The van der Waals surface area contributed by atoms with E-state index >= 15 is 0 Å². The minimum absolute atomic E-state index is 0.822. The molecule has 0 aliphatic rings. The van der Waals surface area contributed by atoms with Crippen molar-refractivity contribution in [2.75, 3.05) is 12.3 Å². The summed E-state index contributed by atoms with van der Waals surface area (Å²) in [4.78, 5) is 3.67. The highest BCUT2D eigenvalue weighted by Crippen LogP contribution is 2.23. The molecule has 0 amide bonds. The molecule has 0 aliphatic heterocycles. The summed E-state index contributed by atoms with van der Waals surface area (Å²) in [7, 11) is 0. The molecule has 0 spiro atoms. The Labute approximate surface area is 117 Å². The second kappa shape index (κ2) is 6.23. The molecular weight excluding hydrogens is 264 g/mol. The Bertz CT molecular complexity index is 510. The Morgan fingerprint density at radius 1 is 1.22 bits per heavy atom. The van der Waals surface area contributed by atoms with Gasteiger partial charge in [-0.25, -0.2) is 0 Å². The van der Waals surface area contributed by atoms with E-state index in [4.69, 9.17) is 17.3 Å². The van der Waals surface area contributed by atoms with Gasteiger partial charge in [0.05, 0.1) is 4.34 Å². The monoisotopic (exact) mass is 280 g/mol. The third-order valence-electron chi connectivity index (χ3n) is 2.81. The summed E-state index contributed by atoms with van der Waals surface area (Å²) in [5.41, 5.74) is 7.87. The number of hydrogen-bond donors (Lipinski definition) is 1. The van der Waals surface area contributed by atoms with E-state index in [0.29, 0.717) is 0 Å². The molecule has 0 bridgehead atoms. The first-order chi connectivity index (χ1) is 8.67. The van der Waals surface area contributed by atoms with E-state index in [0.717, 1.165) is 29.7 Å². The fourth-order valence-electron chi connectivity index (χ4n) is 1.89. The third-order valence-corrected chi connectivity index (χ3v) is 4.03. The molecule has 2 aromatic rings. The Kier molecular flexibility index (Phi) is 4.64. The van der Waals surface area contributed by atoms with Gasteiger partial charge in [-0.3, -0.25) is 4.90 Å². The largest absolute Gasteiger partial charge is 0.399 e. The van der Waals surface area contributed by atoms with Crippen LogP contribution in [0.2, 0.25) is 4.34 Å². The predicted octanol–water partition coefficient (Wildman–Crippen LogP) is 4.01. The zero-order valence-corrected chi connectivity index (χ0v) is 12.0. The van der Waals surface area contributed by atoms with Crippen LogP contribution in [0, 0.1) is 0 Å². The molecular formula is C14H17ClN2S. The lowest BCUT2D eigenvalue weighted by molar-refractivity contribution is 0.274. The first-order valence-corrected chi connectivity index (χ1v) is 7.18. The molecule has 2 nitrogen and oxygen atoms in total. The van der Waals surface area contributed by atoms with Gasteiger partial charge >= 0.3 is 0 Å². The predicted molar refractivity (Wildman–Crippen MR) is 80.0 cm³/mol. The second-order valence-electron chi connectivity index (χ2n) is 4.25. The fraction of sp³-hybridized carbons (Fsp3) is 0.286. The molecule has 1 aromatic carbocycles. The highest BCUT2D eigenvalue weighted by Gasteiger charge is 2.07. The lowest BCUT2D eigenvalue weighted by Gasteiger charge is -2.19. The molecule has 18 heavy (non-hydrogen) atoms. The van der Waals surface area contributed by atoms with Crippen molar-refractivity contribution < 1.29 is 0 Å². The quantitative estimate of drug-likeness (QED) is 0.839. The van der Waals surface area contributed by atoms with Gasteiger partial charge in [0, 0.05) is 23.7 Å². The SMILES string of the molecule is CCN(Cc1cccc(N)c1)Cc1ccc(Cl)s1. The Morgan fingerprint density at radius 3 is 2.67 bits per heavy atom. The topological polar surface area (TPSA) is 29.3 Å². The molecule has 4 heteroatoms. The number of halogens is 1. The maximum atomic E-state index is 5.95. The summed E-state index contributed by atoms with van der Waals surface area (Å²) in [5.74, 6) is 0. The number of nitrogens with two attached hydrogens (primary N) is 1. The van der Waals surface area contributed by atoms with Gasteiger partial charge in [-0.1, -0.05) is 30.7 Å². The molecule has 0 aliphatic carbocycles. The van der Waals surface area contributed by atoms with Crippen LogP contribution in [0.3, 0.4) is 0 Å². The van der Waals surface area contributed by atoms with E-state index in [1.165, 1.54) is 10.4 Å². The van der Waals surface area contributed by atoms with E-state index in [9.17, 15) is 0 Å². The van der Waals surface area contributed by atoms with Crippen LogP contribution >= 0.6 is 22.9 Å². The van der Waals surface area contributed by atoms with E-state index in [1.807, 2.05) is 24.3 Å². The maximum absolute atomic E-state index is 5.95. The minimum atomic E-state index is 0.822. The summed E-state index contributed by atoms with van der Waals surface area (Å²) in [6, 6.07) is 12.1. The van der Waals surface area contributed by atoms with Crippen LogP contribution in [-0.2, 0) is 13.1 Å². The first-order valence-electron chi connectivity index (χ1n) is 5.98. The fourth-order valence-corrected chi connectivity index (χ4v) is 3.02. The zero-order chi connectivity index (χ0) is 13.0. The highest BCUT2D eigenvalue weighted by atomic mass is 35.5. The smallest absolute Gasteiger partial charge is 0.0931 e. The Balaban J connectivity index is 2.01. The van der Waals surface area contributed by atoms with Crippen molar-refractivity contribution in [3.63, 3.8) is 0 Å². The Hall–Kier alpha value is -1.03. The molecule has 2 rings (SSSR count). The van der Waals surface area contributed by atoms with Crippen LogP contribution < -0.4 is 5.73 Å². The first kappa shape index (κ1) is 13.4. The molecule has 0 saturated heterocycles. The lowest BCUT2D eigenvalue weighted by atomic mass is 10.2. The van der Waals surface area contributed by atoms with Crippen LogP contribution in [0.5, 0.6) is 0 Å². The van der Waals surface area contributed by atoms with Crippen LogP contribution in [0.1, 0.15) is 17.4 Å². The summed E-state index contributed by atoms with van der Waals surface area (Å²) >= 11 is 7.60. The van der Waals surface area contributed by atoms with Gasteiger partial charge in [0.2, 0.25) is 0 Å². The van der Waals surface area contributed by atoms with Crippen molar-refractivity contribution in [3.8, 4) is 0 Å². The lowest BCUT2D eigenvalue weighted by Crippen LogP contribution is -2.21. The second-order valence-corrected chi connectivity index (χ2v) is 6.05. The number of hydrogen-bond acceptors (Lipinski definition) is 3. The van der Waals surface area contributed by atoms with E-state index in [2.05, 4.69) is 24.0 Å². The minimum Gasteiger partial charge on any atom is -0.399 e.